The molecule has 0 radical (unpaired) electrons. The summed E-state index contributed by atoms with van der Waals surface area (Å²) in [6.07, 6.45) is 1.58. The number of aromatic nitrogens is 1. The Bertz CT molecular complexity index is 836. The SMILES string of the molecule is O=C(c1ccc([N+](=O)[O-])cc1)c1ccnc2ccccc12. The van der Waals surface area contributed by atoms with E-state index in [0.29, 0.717) is 11.1 Å². The van der Waals surface area contributed by atoms with E-state index < -0.39 is 4.92 Å². The zero-order chi connectivity index (χ0) is 14.8. The van der Waals surface area contributed by atoms with Gasteiger partial charge in [0.2, 0.25) is 0 Å². The number of carbonyl (C=O) groups is 1. The normalized spacial score (nSPS) is 10.5. The Labute approximate surface area is 120 Å². The Hall–Kier alpha value is -3.08. The van der Waals surface area contributed by atoms with Crippen LogP contribution in [0.5, 0.6) is 0 Å². The van der Waals surface area contributed by atoms with Gasteiger partial charge in [0, 0.05) is 34.8 Å². The van der Waals surface area contributed by atoms with Crippen LogP contribution in [-0.2, 0) is 0 Å². The highest BCUT2D eigenvalue weighted by molar-refractivity contribution is 6.15. The second kappa shape index (κ2) is 5.13. The highest BCUT2D eigenvalue weighted by Gasteiger charge is 2.14. The summed E-state index contributed by atoms with van der Waals surface area (Å²) in [5.74, 6) is -0.177. The number of nitrogens with zero attached hydrogens (tertiary/aromatic N) is 2. The lowest BCUT2D eigenvalue weighted by Gasteiger charge is -2.05. The van der Waals surface area contributed by atoms with E-state index in [4.69, 9.17) is 0 Å². The molecule has 0 saturated carbocycles. The van der Waals surface area contributed by atoms with Crippen molar-refractivity contribution in [2.75, 3.05) is 0 Å². The fourth-order valence-corrected chi connectivity index (χ4v) is 2.18. The molecule has 0 atom stereocenters. The Balaban J connectivity index is 2.06. The molecule has 0 N–H and O–H groups in total. The summed E-state index contributed by atoms with van der Waals surface area (Å²) in [6.45, 7) is 0. The first-order chi connectivity index (χ1) is 10.2. The monoisotopic (exact) mass is 278 g/mol. The molecule has 0 aliphatic heterocycles. The first-order valence-corrected chi connectivity index (χ1v) is 6.30. The number of non-ortho nitro benzene ring substituents is 1. The maximum absolute atomic E-state index is 12.5. The van der Waals surface area contributed by atoms with Gasteiger partial charge in [-0.15, -0.1) is 0 Å². The number of para-hydroxylation sites is 1. The highest BCUT2D eigenvalue weighted by Crippen LogP contribution is 2.21. The summed E-state index contributed by atoms with van der Waals surface area (Å²) in [5.41, 5.74) is 1.66. The quantitative estimate of drug-likeness (QED) is 0.418. The molecule has 3 aromatic rings. The van der Waals surface area contributed by atoms with Gasteiger partial charge in [0.1, 0.15) is 0 Å². The van der Waals surface area contributed by atoms with Gasteiger partial charge in [-0.05, 0) is 24.3 Å². The molecule has 0 aliphatic rings. The van der Waals surface area contributed by atoms with Gasteiger partial charge >= 0.3 is 0 Å². The molecule has 1 heterocycles. The van der Waals surface area contributed by atoms with E-state index in [1.54, 1.807) is 12.3 Å². The van der Waals surface area contributed by atoms with Crippen molar-refractivity contribution in [1.82, 2.24) is 4.98 Å². The number of nitro benzene ring substituents is 1. The van der Waals surface area contributed by atoms with Gasteiger partial charge in [0.25, 0.3) is 5.69 Å². The average molecular weight is 278 g/mol. The molecular weight excluding hydrogens is 268 g/mol. The molecule has 2 aromatic carbocycles. The van der Waals surface area contributed by atoms with Crippen LogP contribution >= 0.6 is 0 Å². The zero-order valence-electron chi connectivity index (χ0n) is 10.9. The van der Waals surface area contributed by atoms with E-state index >= 15 is 0 Å². The highest BCUT2D eigenvalue weighted by atomic mass is 16.6. The zero-order valence-corrected chi connectivity index (χ0v) is 10.9. The predicted molar refractivity (Wildman–Crippen MR) is 78.3 cm³/mol. The minimum atomic E-state index is -0.490. The van der Waals surface area contributed by atoms with E-state index in [9.17, 15) is 14.9 Å². The number of nitro groups is 1. The molecule has 0 amide bonds. The topological polar surface area (TPSA) is 73.1 Å². The second-order valence-corrected chi connectivity index (χ2v) is 4.51. The first-order valence-electron chi connectivity index (χ1n) is 6.30. The van der Waals surface area contributed by atoms with Gasteiger partial charge in [-0.2, -0.15) is 0 Å². The number of carbonyl (C=O) groups excluding carboxylic acids is 1. The lowest BCUT2D eigenvalue weighted by molar-refractivity contribution is -0.384. The van der Waals surface area contributed by atoms with Crippen molar-refractivity contribution in [1.29, 1.82) is 0 Å². The molecular formula is C16H10N2O3. The lowest BCUT2D eigenvalue weighted by atomic mass is 10.00. The molecule has 3 rings (SSSR count). The van der Waals surface area contributed by atoms with Crippen molar-refractivity contribution in [3.05, 3.63) is 82.0 Å². The van der Waals surface area contributed by atoms with Crippen LogP contribution in [0.15, 0.2) is 60.8 Å². The van der Waals surface area contributed by atoms with E-state index in [1.807, 2.05) is 24.3 Å². The number of hydrogen-bond donors (Lipinski definition) is 0. The van der Waals surface area contributed by atoms with Crippen molar-refractivity contribution in [3.63, 3.8) is 0 Å². The molecule has 0 saturated heterocycles. The van der Waals surface area contributed by atoms with Crippen LogP contribution in [0.3, 0.4) is 0 Å². The van der Waals surface area contributed by atoms with Crippen LogP contribution < -0.4 is 0 Å². The standard InChI is InChI=1S/C16H10N2O3/c19-16(11-5-7-12(8-6-11)18(20)21)14-9-10-17-15-4-2-1-3-13(14)15/h1-10H. The van der Waals surface area contributed by atoms with Gasteiger partial charge in [-0.25, -0.2) is 0 Å². The molecule has 0 fully saturated rings. The van der Waals surface area contributed by atoms with Crippen LogP contribution in [0, 0.1) is 10.1 Å². The smallest absolute Gasteiger partial charge is 0.269 e. The summed E-state index contributed by atoms with van der Waals surface area (Å²) in [4.78, 5) is 26.9. The predicted octanol–water partition coefficient (Wildman–Crippen LogP) is 3.37. The average Bonchev–Trinajstić information content (AvgIpc) is 2.53. The number of fused-ring (bicyclic) bond motifs is 1. The van der Waals surface area contributed by atoms with Crippen LogP contribution in [0.2, 0.25) is 0 Å². The molecule has 5 heteroatoms. The fraction of sp³-hybridized carbons (Fsp3) is 0. The van der Waals surface area contributed by atoms with Gasteiger partial charge in [0.05, 0.1) is 10.4 Å². The fourth-order valence-electron chi connectivity index (χ4n) is 2.18. The molecule has 1 aromatic heterocycles. The van der Waals surface area contributed by atoms with Gasteiger partial charge in [0.15, 0.2) is 5.78 Å². The van der Waals surface area contributed by atoms with Crippen molar-refractivity contribution >= 4 is 22.4 Å². The summed E-state index contributed by atoms with van der Waals surface area (Å²) >= 11 is 0. The molecule has 5 nitrogen and oxygen atoms in total. The van der Waals surface area contributed by atoms with E-state index in [1.165, 1.54) is 24.3 Å². The molecule has 0 unspecified atom stereocenters. The van der Waals surface area contributed by atoms with E-state index in [0.717, 1.165) is 10.9 Å². The third-order valence-electron chi connectivity index (χ3n) is 3.23. The molecule has 0 aliphatic carbocycles. The molecule has 102 valence electrons. The van der Waals surface area contributed by atoms with Crippen molar-refractivity contribution in [2.24, 2.45) is 0 Å². The number of ketones is 1. The summed E-state index contributed by atoms with van der Waals surface area (Å²) in [5, 5.41) is 11.4. The third kappa shape index (κ3) is 2.36. The first kappa shape index (κ1) is 12.9. The maximum atomic E-state index is 12.5. The minimum Gasteiger partial charge on any atom is -0.289 e. The number of pyridine rings is 1. The lowest BCUT2D eigenvalue weighted by Crippen LogP contribution is -2.03. The van der Waals surface area contributed by atoms with Crippen LogP contribution in [0.25, 0.3) is 10.9 Å². The van der Waals surface area contributed by atoms with Crippen LogP contribution in [0.4, 0.5) is 5.69 Å². The summed E-state index contributed by atoms with van der Waals surface area (Å²) in [7, 11) is 0. The van der Waals surface area contributed by atoms with Crippen LogP contribution in [0.1, 0.15) is 15.9 Å². The summed E-state index contributed by atoms with van der Waals surface area (Å²) in [6, 6.07) is 14.6. The van der Waals surface area contributed by atoms with E-state index in [-0.39, 0.29) is 11.5 Å². The van der Waals surface area contributed by atoms with Crippen LogP contribution in [-0.4, -0.2) is 15.7 Å². The van der Waals surface area contributed by atoms with Crippen molar-refractivity contribution < 1.29 is 9.72 Å². The van der Waals surface area contributed by atoms with Gasteiger partial charge in [-0.1, -0.05) is 18.2 Å². The van der Waals surface area contributed by atoms with Gasteiger partial charge in [-0.3, -0.25) is 19.9 Å². The largest absolute Gasteiger partial charge is 0.289 e. The molecule has 0 bridgehead atoms. The number of hydrogen-bond acceptors (Lipinski definition) is 4. The van der Waals surface area contributed by atoms with Crippen molar-refractivity contribution in [3.8, 4) is 0 Å². The summed E-state index contributed by atoms with van der Waals surface area (Å²) < 4.78 is 0. The maximum Gasteiger partial charge on any atom is 0.269 e. The molecule has 0 spiro atoms. The molecule has 21 heavy (non-hydrogen) atoms. The Morgan fingerprint density at radius 1 is 1.00 bits per heavy atom. The van der Waals surface area contributed by atoms with Crippen molar-refractivity contribution in [2.45, 2.75) is 0 Å². The number of benzene rings is 2. The van der Waals surface area contributed by atoms with Gasteiger partial charge < -0.3 is 0 Å². The Morgan fingerprint density at radius 2 is 1.71 bits per heavy atom. The Morgan fingerprint density at radius 3 is 2.43 bits per heavy atom. The number of rotatable bonds is 3. The Kier molecular flexibility index (Phi) is 3.16. The third-order valence-corrected chi connectivity index (χ3v) is 3.23. The second-order valence-electron chi connectivity index (χ2n) is 4.51. The van der Waals surface area contributed by atoms with E-state index in [2.05, 4.69) is 4.98 Å². The minimum absolute atomic E-state index is 0.0360.